The molecule has 0 aliphatic carbocycles. The minimum absolute atomic E-state index is 0. The number of aryl methyl sites for hydroxylation is 2. The Morgan fingerprint density at radius 3 is 2.52 bits per heavy atom. The number of sulfonamides is 1. The first-order valence-corrected chi connectivity index (χ1v) is 8.34. The van der Waals surface area contributed by atoms with E-state index in [0.717, 1.165) is 37.4 Å². The maximum absolute atomic E-state index is 12.3. The van der Waals surface area contributed by atoms with Gasteiger partial charge in [0.15, 0.2) is 0 Å². The van der Waals surface area contributed by atoms with Gasteiger partial charge in [0.05, 0.1) is 18.1 Å². The first-order chi connectivity index (χ1) is 9.49. The first kappa shape index (κ1) is 18.4. The van der Waals surface area contributed by atoms with Crippen molar-refractivity contribution in [3.63, 3.8) is 0 Å². The van der Waals surface area contributed by atoms with Crippen molar-refractivity contribution in [3.8, 4) is 0 Å². The maximum Gasteiger partial charge on any atom is 0.240 e. The average molecular weight is 334 g/mol. The molecule has 0 spiro atoms. The average Bonchev–Trinajstić information content (AvgIpc) is 2.39. The summed E-state index contributed by atoms with van der Waals surface area (Å²) in [6.45, 7) is 8.10. The second-order valence-corrected chi connectivity index (χ2v) is 6.86. The third kappa shape index (κ3) is 5.23. The molecule has 0 atom stereocenters. The Morgan fingerprint density at radius 2 is 1.90 bits per heavy atom. The number of nitrogens with one attached hydrogen (secondary N) is 1. The zero-order valence-electron chi connectivity index (χ0n) is 12.4. The molecule has 7 heteroatoms. The van der Waals surface area contributed by atoms with E-state index < -0.39 is 10.0 Å². The largest absolute Gasteiger partial charge is 1.00 e. The molecule has 0 aromatic heterocycles. The topological polar surface area (TPSA) is 58.6 Å². The number of ether oxygens (including phenoxy) is 1. The van der Waals surface area contributed by atoms with Gasteiger partial charge in [-0.25, -0.2) is 13.1 Å². The van der Waals surface area contributed by atoms with Crippen LogP contribution >= 0.6 is 0 Å². The summed E-state index contributed by atoms with van der Waals surface area (Å²) >= 11 is 0. The van der Waals surface area contributed by atoms with E-state index in [1.807, 2.05) is 26.0 Å². The predicted octanol–water partition coefficient (Wildman–Crippen LogP) is -2.08. The summed E-state index contributed by atoms with van der Waals surface area (Å²) in [4.78, 5) is 2.57. The fourth-order valence-electron chi connectivity index (χ4n) is 2.34. The van der Waals surface area contributed by atoms with Gasteiger partial charge in [-0.05, 0) is 25.5 Å². The molecule has 0 unspecified atom stereocenters. The molecule has 0 bridgehead atoms. The Bertz CT molecular complexity index is 557. The van der Waals surface area contributed by atoms with Crippen molar-refractivity contribution in [3.05, 3.63) is 29.3 Å². The minimum Gasteiger partial charge on any atom is -1.00 e. The third-order valence-corrected chi connectivity index (χ3v) is 5.07. The number of nitrogens with zero attached hydrogens (tertiary/aromatic N) is 1. The Morgan fingerprint density at radius 1 is 1.24 bits per heavy atom. The molecule has 1 aromatic carbocycles. The number of rotatable bonds is 5. The van der Waals surface area contributed by atoms with Crippen molar-refractivity contribution in [1.29, 1.82) is 0 Å². The summed E-state index contributed by atoms with van der Waals surface area (Å²) in [7, 11) is -3.42. The first-order valence-electron chi connectivity index (χ1n) is 6.86. The van der Waals surface area contributed by atoms with Crippen molar-refractivity contribution in [2.24, 2.45) is 0 Å². The fourth-order valence-corrected chi connectivity index (χ4v) is 3.59. The molecular weight excluding hydrogens is 312 g/mol. The van der Waals surface area contributed by atoms with Gasteiger partial charge < -0.3 is 17.1 Å². The van der Waals surface area contributed by atoms with Crippen LogP contribution in [0.15, 0.2) is 23.1 Å². The van der Waals surface area contributed by atoms with Crippen LogP contribution in [0.4, 0.5) is 0 Å². The molecule has 1 heterocycles. The maximum atomic E-state index is 12.3. The Hall–Kier alpha value is -0.660. The highest BCUT2D eigenvalue weighted by molar-refractivity contribution is 7.89. The van der Waals surface area contributed by atoms with Gasteiger partial charge in [-0.2, -0.15) is 0 Å². The molecule has 1 aliphatic heterocycles. The molecule has 120 valence electrons. The lowest BCUT2D eigenvalue weighted by atomic mass is 10.2. The smallest absolute Gasteiger partial charge is 0.240 e. The molecule has 1 fully saturated rings. The van der Waals surface area contributed by atoms with E-state index in [0.29, 0.717) is 18.0 Å². The Labute approximate surface area is 133 Å². The highest BCUT2D eigenvalue weighted by Crippen LogP contribution is 2.15. The lowest BCUT2D eigenvalue weighted by Gasteiger charge is -2.26. The molecule has 0 amide bonds. The summed E-state index contributed by atoms with van der Waals surface area (Å²) in [5, 5.41) is 0. The van der Waals surface area contributed by atoms with E-state index in [1.54, 1.807) is 6.07 Å². The van der Waals surface area contributed by atoms with E-state index in [-0.39, 0.29) is 12.4 Å². The van der Waals surface area contributed by atoms with Crippen LogP contribution in [0.2, 0.25) is 0 Å². The number of halogens is 1. The molecule has 1 aromatic rings. The highest BCUT2D eigenvalue weighted by Gasteiger charge is 2.17. The molecular formula is C14H22ClN2O3S-. The number of morpholine rings is 1. The second-order valence-electron chi connectivity index (χ2n) is 5.12. The van der Waals surface area contributed by atoms with Gasteiger partial charge in [0.25, 0.3) is 0 Å². The molecule has 0 radical (unpaired) electrons. The molecule has 1 N–H and O–H groups in total. The monoisotopic (exact) mass is 333 g/mol. The zero-order chi connectivity index (χ0) is 14.6. The number of hydrogen-bond donors (Lipinski definition) is 1. The van der Waals surface area contributed by atoms with Crippen molar-refractivity contribution in [1.82, 2.24) is 9.62 Å². The van der Waals surface area contributed by atoms with Crippen LogP contribution in [0, 0.1) is 13.8 Å². The molecule has 1 aliphatic rings. The molecule has 0 saturated carbocycles. The van der Waals surface area contributed by atoms with Gasteiger partial charge in [-0.15, -0.1) is 0 Å². The van der Waals surface area contributed by atoms with Gasteiger partial charge in [0.2, 0.25) is 10.0 Å². The quantitative estimate of drug-likeness (QED) is 0.672. The van der Waals surface area contributed by atoms with Crippen molar-refractivity contribution in [2.75, 3.05) is 39.4 Å². The number of hydrogen-bond acceptors (Lipinski definition) is 4. The van der Waals surface area contributed by atoms with Crippen LogP contribution in [0.3, 0.4) is 0 Å². The second kappa shape index (κ2) is 8.10. The van der Waals surface area contributed by atoms with Gasteiger partial charge in [0, 0.05) is 26.2 Å². The van der Waals surface area contributed by atoms with Gasteiger partial charge >= 0.3 is 0 Å². The van der Waals surface area contributed by atoms with Gasteiger partial charge in [0.1, 0.15) is 0 Å². The van der Waals surface area contributed by atoms with E-state index in [1.165, 1.54) is 0 Å². The lowest BCUT2D eigenvalue weighted by Crippen LogP contribution is -3.00. The standard InChI is InChI=1S/C14H22N2O3S.ClH/c1-12-3-4-14(13(2)11-12)20(17,18)15-5-6-16-7-9-19-10-8-16;/h3-4,11,15H,5-10H2,1-2H3;1H/p-1. The zero-order valence-corrected chi connectivity index (χ0v) is 14.0. The molecule has 5 nitrogen and oxygen atoms in total. The van der Waals surface area contributed by atoms with Crippen molar-refractivity contribution >= 4 is 10.0 Å². The minimum atomic E-state index is -3.42. The molecule has 21 heavy (non-hydrogen) atoms. The van der Waals surface area contributed by atoms with Crippen LogP contribution in [-0.4, -0.2) is 52.7 Å². The normalized spacial score (nSPS) is 16.5. The van der Waals surface area contributed by atoms with Crippen LogP contribution in [0.5, 0.6) is 0 Å². The lowest BCUT2D eigenvalue weighted by molar-refractivity contribution is -0.00000867. The van der Waals surface area contributed by atoms with Gasteiger partial charge in [-0.1, -0.05) is 17.7 Å². The summed E-state index contributed by atoms with van der Waals surface area (Å²) in [6.07, 6.45) is 0. The number of benzene rings is 1. The highest BCUT2D eigenvalue weighted by atomic mass is 35.5. The van der Waals surface area contributed by atoms with Crippen LogP contribution in [0.25, 0.3) is 0 Å². The van der Waals surface area contributed by atoms with Crippen LogP contribution < -0.4 is 17.1 Å². The van der Waals surface area contributed by atoms with Gasteiger partial charge in [-0.3, -0.25) is 4.90 Å². The van der Waals surface area contributed by atoms with Crippen LogP contribution in [-0.2, 0) is 14.8 Å². The Kier molecular flexibility index (Phi) is 7.09. The molecule has 1 saturated heterocycles. The van der Waals surface area contributed by atoms with Crippen molar-refractivity contribution < 1.29 is 25.6 Å². The predicted molar refractivity (Wildman–Crippen MR) is 78.4 cm³/mol. The summed E-state index contributed by atoms with van der Waals surface area (Å²) in [6, 6.07) is 5.38. The van der Waals surface area contributed by atoms with E-state index in [4.69, 9.17) is 4.74 Å². The van der Waals surface area contributed by atoms with E-state index in [9.17, 15) is 8.42 Å². The van der Waals surface area contributed by atoms with Crippen LogP contribution in [0.1, 0.15) is 11.1 Å². The third-order valence-electron chi connectivity index (χ3n) is 3.44. The molecule has 2 rings (SSSR count). The van der Waals surface area contributed by atoms with E-state index in [2.05, 4.69) is 9.62 Å². The summed E-state index contributed by atoms with van der Waals surface area (Å²) < 4.78 is 32.4. The summed E-state index contributed by atoms with van der Waals surface area (Å²) in [5.41, 5.74) is 1.85. The summed E-state index contributed by atoms with van der Waals surface area (Å²) in [5.74, 6) is 0. The SMILES string of the molecule is Cc1ccc(S(=O)(=O)NCCN2CCOCC2)c(C)c1.[Cl-]. The fraction of sp³-hybridized carbons (Fsp3) is 0.571. The Balaban J connectivity index is 0.00000220. The van der Waals surface area contributed by atoms with E-state index >= 15 is 0 Å². The van der Waals surface area contributed by atoms with Crippen molar-refractivity contribution in [2.45, 2.75) is 18.7 Å².